The van der Waals surface area contributed by atoms with Crippen LogP contribution in [-0.2, 0) is 0 Å². The van der Waals surface area contributed by atoms with E-state index in [0.717, 1.165) is 0 Å². The standard InChI is InChI=1S/C12H9NO3/c14-11-9-7-3-1-2-4-8(7)16-6-5-13-10(9)12(11)15/h1-4,13H,5-6H2. The topological polar surface area (TPSA) is 55.4 Å². The predicted molar refractivity (Wildman–Crippen MR) is 60.8 cm³/mol. The van der Waals surface area contributed by atoms with Crippen molar-refractivity contribution in [3.63, 3.8) is 0 Å². The highest BCUT2D eigenvalue weighted by molar-refractivity contribution is 5.85. The minimum absolute atomic E-state index is 0.424. The molecule has 3 rings (SSSR count). The van der Waals surface area contributed by atoms with Gasteiger partial charge in [-0.3, -0.25) is 9.59 Å². The van der Waals surface area contributed by atoms with Gasteiger partial charge in [0.05, 0.1) is 11.3 Å². The molecule has 1 aliphatic rings. The molecule has 16 heavy (non-hydrogen) atoms. The predicted octanol–water partition coefficient (Wildman–Crippen LogP) is 0.754. The lowest BCUT2D eigenvalue weighted by Gasteiger charge is -2.19. The zero-order valence-electron chi connectivity index (χ0n) is 8.45. The highest BCUT2D eigenvalue weighted by Crippen LogP contribution is 2.33. The van der Waals surface area contributed by atoms with Crippen molar-refractivity contribution in [1.29, 1.82) is 0 Å². The van der Waals surface area contributed by atoms with E-state index in [4.69, 9.17) is 4.74 Å². The first-order valence-electron chi connectivity index (χ1n) is 5.08. The van der Waals surface area contributed by atoms with E-state index in [-0.39, 0.29) is 0 Å². The SMILES string of the molecule is O=c1c2c(c1=O)-c1ccccc1OCCN2. The number of hydrogen-bond acceptors (Lipinski definition) is 4. The molecule has 2 aromatic rings. The van der Waals surface area contributed by atoms with Crippen LogP contribution >= 0.6 is 0 Å². The van der Waals surface area contributed by atoms with E-state index in [0.29, 0.717) is 35.7 Å². The Bertz CT molecular complexity index is 623. The summed E-state index contributed by atoms with van der Waals surface area (Å²) >= 11 is 0. The van der Waals surface area contributed by atoms with Crippen molar-refractivity contribution in [2.24, 2.45) is 0 Å². The van der Waals surface area contributed by atoms with Gasteiger partial charge in [0.25, 0.3) is 0 Å². The number of fused-ring (bicyclic) bond motifs is 3. The van der Waals surface area contributed by atoms with E-state index in [9.17, 15) is 9.59 Å². The number of anilines is 1. The van der Waals surface area contributed by atoms with E-state index in [1.807, 2.05) is 12.1 Å². The summed E-state index contributed by atoms with van der Waals surface area (Å²) in [6.45, 7) is 1.02. The van der Waals surface area contributed by atoms with Gasteiger partial charge in [0.15, 0.2) is 0 Å². The van der Waals surface area contributed by atoms with Crippen molar-refractivity contribution in [3.05, 3.63) is 44.7 Å². The number of hydrogen-bond donors (Lipinski definition) is 1. The molecule has 0 bridgehead atoms. The van der Waals surface area contributed by atoms with Gasteiger partial charge in [-0.2, -0.15) is 0 Å². The van der Waals surface area contributed by atoms with Crippen molar-refractivity contribution in [3.8, 4) is 16.9 Å². The van der Waals surface area contributed by atoms with Gasteiger partial charge in [0.1, 0.15) is 12.4 Å². The van der Waals surface area contributed by atoms with E-state index >= 15 is 0 Å². The van der Waals surface area contributed by atoms with Crippen molar-refractivity contribution in [1.82, 2.24) is 0 Å². The van der Waals surface area contributed by atoms with Crippen molar-refractivity contribution in [2.45, 2.75) is 0 Å². The molecule has 0 radical (unpaired) electrons. The van der Waals surface area contributed by atoms with E-state index in [2.05, 4.69) is 5.32 Å². The fourth-order valence-electron chi connectivity index (χ4n) is 1.95. The normalized spacial score (nSPS) is 14.0. The molecule has 4 nitrogen and oxygen atoms in total. The molecule has 0 saturated heterocycles. The molecule has 2 aromatic carbocycles. The molecule has 0 aromatic heterocycles. The Balaban J connectivity index is 2.28. The second-order valence-corrected chi connectivity index (χ2v) is 3.68. The first-order chi connectivity index (χ1) is 7.79. The zero-order valence-corrected chi connectivity index (χ0v) is 8.45. The summed E-state index contributed by atoms with van der Waals surface area (Å²) in [5.74, 6) is 0.664. The quantitative estimate of drug-likeness (QED) is 0.659. The summed E-state index contributed by atoms with van der Waals surface area (Å²) in [6.07, 6.45) is 0. The van der Waals surface area contributed by atoms with Gasteiger partial charge in [0, 0.05) is 12.1 Å². The number of rotatable bonds is 0. The van der Waals surface area contributed by atoms with Gasteiger partial charge < -0.3 is 10.1 Å². The number of ether oxygens (including phenoxy) is 1. The van der Waals surface area contributed by atoms with E-state index in [1.54, 1.807) is 12.1 Å². The number of nitrogens with one attached hydrogen (secondary N) is 1. The second-order valence-electron chi connectivity index (χ2n) is 3.68. The molecule has 0 spiro atoms. The Morgan fingerprint density at radius 3 is 2.81 bits per heavy atom. The van der Waals surface area contributed by atoms with Crippen molar-refractivity contribution < 1.29 is 4.74 Å². The van der Waals surface area contributed by atoms with Crippen LogP contribution in [-0.4, -0.2) is 13.2 Å². The summed E-state index contributed by atoms with van der Waals surface area (Å²) in [7, 11) is 0. The first-order valence-corrected chi connectivity index (χ1v) is 5.08. The average Bonchev–Trinajstić information content (AvgIpc) is 2.29. The van der Waals surface area contributed by atoms with Crippen LogP contribution < -0.4 is 20.9 Å². The largest absolute Gasteiger partial charge is 0.491 e. The van der Waals surface area contributed by atoms with Crippen LogP contribution in [0.25, 0.3) is 11.1 Å². The lowest BCUT2D eigenvalue weighted by atomic mass is 9.97. The molecule has 80 valence electrons. The minimum atomic E-state index is -0.430. The van der Waals surface area contributed by atoms with Crippen LogP contribution in [0, 0.1) is 0 Å². The van der Waals surface area contributed by atoms with Gasteiger partial charge in [-0.25, -0.2) is 0 Å². The Morgan fingerprint density at radius 1 is 1.12 bits per heavy atom. The van der Waals surface area contributed by atoms with Gasteiger partial charge in [-0.15, -0.1) is 0 Å². The van der Waals surface area contributed by atoms with Crippen LogP contribution in [0.15, 0.2) is 33.9 Å². The van der Waals surface area contributed by atoms with E-state index in [1.165, 1.54) is 0 Å². The molecule has 0 aliphatic carbocycles. The van der Waals surface area contributed by atoms with Crippen LogP contribution in [0.2, 0.25) is 0 Å². The summed E-state index contributed by atoms with van der Waals surface area (Å²) in [6, 6.07) is 7.27. The maximum atomic E-state index is 11.5. The monoisotopic (exact) mass is 215 g/mol. The first kappa shape index (κ1) is 9.15. The molecule has 0 atom stereocenters. The minimum Gasteiger partial charge on any atom is -0.491 e. The van der Waals surface area contributed by atoms with Crippen LogP contribution in [0.5, 0.6) is 5.75 Å². The van der Waals surface area contributed by atoms with Crippen LogP contribution in [0.1, 0.15) is 0 Å². The third kappa shape index (κ3) is 1.10. The molecule has 4 heteroatoms. The van der Waals surface area contributed by atoms with Gasteiger partial charge >= 0.3 is 0 Å². The molecule has 1 N–H and O–H groups in total. The van der Waals surface area contributed by atoms with Crippen LogP contribution in [0.4, 0.5) is 5.69 Å². The molecule has 1 aliphatic heterocycles. The molecular weight excluding hydrogens is 206 g/mol. The maximum Gasteiger partial charge on any atom is 0.250 e. The molecule has 0 unspecified atom stereocenters. The van der Waals surface area contributed by atoms with Crippen LogP contribution in [0.3, 0.4) is 0 Å². The van der Waals surface area contributed by atoms with Gasteiger partial charge in [-0.1, -0.05) is 18.2 Å². The molecule has 1 heterocycles. The Hall–Kier alpha value is -2.10. The summed E-state index contributed by atoms with van der Waals surface area (Å²) in [4.78, 5) is 22.9. The summed E-state index contributed by atoms with van der Waals surface area (Å²) < 4.78 is 5.50. The fourth-order valence-corrected chi connectivity index (χ4v) is 1.95. The Labute approximate surface area is 91.2 Å². The Kier molecular flexibility index (Phi) is 1.83. The lowest BCUT2D eigenvalue weighted by molar-refractivity contribution is 0.333. The smallest absolute Gasteiger partial charge is 0.250 e. The highest BCUT2D eigenvalue weighted by atomic mass is 16.5. The lowest BCUT2D eigenvalue weighted by Crippen LogP contribution is -2.38. The van der Waals surface area contributed by atoms with E-state index < -0.39 is 10.9 Å². The average molecular weight is 215 g/mol. The third-order valence-corrected chi connectivity index (χ3v) is 2.73. The zero-order chi connectivity index (χ0) is 11.1. The fraction of sp³-hybridized carbons (Fsp3) is 0.167. The molecular formula is C12H9NO3. The molecule has 0 saturated carbocycles. The summed E-state index contributed by atoms with van der Waals surface area (Å²) in [5.41, 5.74) is 0.738. The van der Waals surface area contributed by atoms with Gasteiger partial charge in [0.2, 0.25) is 10.9 Å². The van der Waals surface area contributed by atoms with Crippen molar-refractivity contribution >= 4 is 5.69 Å². The Morgan fingerprint density at radius 2 is 1.94 bits per heavy atom. The molecule has 0 fully saturated rings. The molecule has 0 amide bonds. The number of benzene rings is 1. The second kappa shape index (κ2) is 3.20. The number of para-hydroxylation sites is 1. The maximum absolute atomic E-state index is 11.5. The highest BCUT2D eigenvalue weighted by Gasteiger charge is 2.25. The van der Waals surface area contributed by atoms with Gasteiger partial charge in [-0.05, 0) is 6.07 Å². The summed E-state index contributed by atoms with van der Waals surface area (Å²) in [5, 5.41) is 2.93. The third-order valence-electron chi connectivity index (χ3n) is 2.73. The van der Waals surface area contributed by atoms with Crippen molar-refractivity contribution in [2.75, 3.05) is 18.5 Å².